The number of aliphatic hydroxyl groups excluding tert-OH is 1. The third-order valence-electron chi connectivity index (χ3n) is 6.21. The van der Waals surface area contributed by atoms with Gasteiger partial charge in [-0.3, -0.25) is 4.79 Å². The second-order valence-corrected chi connectivity index (χ2v) is 12.0. The van der Waals surface area contributed by atoms with Crippen molar-refractivity contribution in [2.75, 3.05) is 12.9 Å². The Labute approximate surface area is 223 Å². The van der Waals surface area contributed by atoms with Crippen LogP contribution >= 0.6 is 11.3 Å². The van der Waals surface area contributed by atoms with Gasteiger partial charge in [0.05, 0.1) is 29.2 Å². The standard InChI is InChI=1S/C27H25FN2O6S2/c1-38(33,34)30-27(32)18-4-2-3-16(12-18)11-17-9-10-35-23-7-6-20(14-21(23)26(17)31)36-15-25-29-22-13-19(28)5-8-24(22)37-25/h2-8,12-14,17,26,31H,9-11,15H2,1H3,(H,30,32)/t17-,26+/m0/s1. The number of nitrogens with zero attached hydrogens (tertiary/aromatic N) is 1. The van der Waals surface area contributed by atoms with Crippen molar-refractivity contribution in [1.82, 2.24) is 9.71 Å². The highest BCUT2D eigenvalue weighted by Crippen LogP contribution is 2.39. The van der Waals surface area contributed by atoms with Gasteiger partial charge in [0.25, 0.3) is 5.91 Å². The first kappa shape index (κ1) is 26.1. The molecular formula is C27H25FN2O6S2. The van der Waals surface area contributed by atoms with E-state index in [2.05, 4.69) is 4.98 Å². The Balaban J connectivity index is 1.30. The number of ether oxygens (including phenoxy) is 2. The Morgan fingerprint density at radius 2 is 2.05 bits per heavy atom. The Bertz CT molecular complexity index is 1600. The molecule has 0 saturated heterocycles. The van der Waals surface area contributed by atoms with Gasteiger partial charge in [-0.25, -0.2) is 22.5 Å². The van der Waals surface area contributed by atoms with Gasteiger partial charge < -0.3 is 14.6 Å². The first-order valence-electron chi connectivity index (χ1n) is 11.9. The molecule has 0 fully saturated rings. The van der Waals surface area contributed by atoms with E-state index in [0.717, 1.165) is 16.5 Å². The molecule has 3 aromatic carbocycles. The van der Waals surface area contributed by atoms with E-state index in [1.54, 1.807) is 36.4 Å². The average Bonchev–Trinajstić information content (AvgIpc) is 3.21. The number of sulfonamides is 1. The van der Waals surface area contributed by atoms with Crippen LogP contribution in [0, 0.1) is 11.7 Å². The molecule has 2 atom stereocenters. The lowest BCUT2D eigenvalue weighted by molar-refractivity contribution is 0.0981. The highest BCUT2D eigenvalue weighted by molar-refractivity contribution is 7.89. The number of hydrogen-bond acceptors (Lipinski definition) is 8. The van der Waals surface area contributed by atoms with Crippen LogP contribution in [0.2, 0.25) is 0 Å². The maximum atomic E-state index is 13.5. The number of fused-ring (bicyclic) bond motifs is 2. The van der Waals surface area contributed by atoms with Crippen molar-refractivity contribution in [1.29, 1.82) is 0 Å². The second kappa shape index (κ2) is 10.7. The van der Waals surface area contributed by atoms with Crippen molar-refractivity contribution in [2.45, 2.75) is 25.6 Å². The third kappa shape index (κ3) is 6.12. The molecule has 4 aromatic rings. The van der Waals surface area contributed by atoms with Crippen molar-refractivity contribution in [3.63, 3.8) is 0 Å². The number of rotatable bonds is 7. The smallest absolute Gasteiger partial charge is 0.264 e. The third-order valence-corrected chi connectivity index (χ3v) is 7.78. The predicted octanol–water partition coefficient (Wildman–Crippen LogP) is 4.38. The Kier molecular flexibility index (Phi) is 7.33. The zero-order valence-corrected chi connectivity index (χ0v) is 22.0. The second-order valence-electron chi connectivity index (χ2n) is 9.16. The van der Waals surface area contributed by atoms with Gasteiger partial charge in [-0.1, -0.05) is 12.1 Å². The fourth-order valence-corrected chi connectivity index (χ4v) is 5.76. The minimum Gasteiger partial charge on any atom is -0.493 e. The molecule has 2 heterocycles. The van der Waals surface area contributed by atoms with Crippen LogP contribution in [-0.4, -0.2) is 37.3 Å². The van der Waals surface area contributed by atoms with Crippen LogP contribution in [0.15, 0.2) is 60.7 Å². The number of benzene rings is 3. The van der Waals surface area contributed by atoms with Crippen LogP contribution in [0.3, 0.4) is 0 Å². The summed E-state index contributed by atoms with van der Waals surface area (Å²) in [6.07, 6.45) is 1.10. The molecule has 1 amide bonds. The van der Waals surface area contributed by atoms with E-state index in [1.165, 1.54) is 29.5 Å². The lowest BCUT2D eigenvalue weighted by Gasteiger charge is -2.21. The van der Waals surface area contributed by atoms with Gasteiger partial charge >= 0.3 is 0 Å². The number of hydrogen-bond donors (Lipinski definition) is 2. The Morgan fingerprint density at radius 3 is 2.87 bits per heavy atom. The minimum atomic E-state index is -3.68. The van der Waals surface area contributed by atoms with E-state index in [4.69, 9.17) is 9.47 Å². The maximum Gasteiger partial charge on any atom is 0.264 e. The van der Waals surface area contributed by atoms with Crippen molar-refractivity contribution in [3.05, 3.63) is 88.2 Å². The number of halogens is 1. The number of nitrogens with one attached hydrogen (secondary N) is 1. The van der Waals surface area contributed by atoms with Crippen LogP contribution in [0.5, 0.6) is 11.5 Å². The molecule has 2 N–H and O–H groups in total. The number of carbonyl (C=O) groups excluding carboxylic acids is 1. The molecular weight excluding hydrogens is 531 g/mol. The summed E-state index contributed by atoms with van der Waals surface area (Å²) in [7, 11) is -3.68. The summed E-state index contributed by atoms with van der Waals surface area (Å²) < 4.78 is 51.0. The van der Waals surface area contributed by atoms with E-state index < -0.39 is 22.0 Å². The summed E-state index contributed by atoms with van der Waals surface area (Å²) in [5.41, 5.74) is 2.20. The summed E-state index contributed by atoms with van der Waals surface area (Å²) in [6.45, 7) is 0.605. The first-order valence-corrected chi connectivity index (χ1v) is 14.6. The van der Waals surface area contributed by atoms with E-state index in [9.17, 15) is 22.7 Å². The largest absolute Gasteiger partial charge is 0.493 e. The number of aliphatic hydroxyl groups is 1. The number of aromatic nitrogens is 1. The molecule has 11 heteroatoms. The summed E-state index contributed by atoms with van der Waals surface area (Å²) in [5.74, 6) is -0.141. The van der Waals surface area contributed by atoms with Crippen LogP contribution in [0.1, 0.15) is 39.0 Å². The fourth-order valence-electron chi connectivity index (χ4n) is 4.45. The van der Waals surface area contributed by atoms with E-state index >= 15 is 0 Å². The topological polar surface area (TPSA) is 115 Å². The van der Waals surface area contributed by atoms with E-state index in [0.29, 0.717) is 47.0 Å². The van der Waals surface area contributed by atoms with Crippen LogP contribution < -0.4 is 14.2 Å². The SMILES string of the molecule is CS(=O)(=O)NC(=O)c1cccc(C[C@@H]2CCOc3ccc(OCc4nc5cc(F)ccc5s4)cc3[C@@H]2O)c1. The summed E-state index contributed by atoms with van der Waals surface area (Å²) in [6, 6.07) is 16.4. The molecule has 1 aliphatic rings. The van der Waals surface area contributed by atoms with Crippen LogP contribution in [0.25, 0.3) is 10.2 Å². The average molecular weight is 557 g/mol. The number of amides is 1. The fraction of sp³-hybridized carbons (Fsp3) is 0.259. The predicted molar refractivity (Wildman–Crippen MR) is 141 cm³/mol. The first-order chi connectivity index (χ1) is 18.1. The van der Waals surface area contributed by atoms with Crippen molar-refractivity contribution in [2.24, 2.45) is 5.92 Å². The summed E-state index contributed by atoms with van der Waals surface area (Å²) in [5, 5.41) is 12.0. The molecule has 0 bridgehead atoms. The summed E-state index contributed by atoms with van der Waals surface area (Å²) in [4.78, 5) is 16.7. The summed E-state index contributed by atoms with van der Waals surface area (Å²) >= 11 is 1.43. The Hall–Kier alpha value is -3.54. The van der Waals surface area contributed by atoms with Crippen molar-refractivity contribution < 1.29 is 32.2 Å². The monoisotopic (exact) mass is 556 g/mol. The highest BCUT2D eigenvalue weighted by Gasteiger charge is 2.28. The molecule has 0 spiro atoms. The number of thiazole rings is 1. The Morgan fingerprint density at radius 1 is 1.21 bits per heavy atom. The molecule has 0 saturated carbocycles. The minimum absolute atomic E-state index is 0.197. The van der Waals surface area contributed by atoms with E-state index in [-0.39, 0.29) is 23.9 Å². The quantitative estimate of drug-likeness (QED) is 0.347. The zero-order valence-electron chi connectivity index (χ0n) is 20.4. The molecule has 1 aromatic heterocycles. The highest BCUT2D eigenvalue weighted by atomic mass is 32.2. The maximum absolute atomic E-state index is 13.5. The molecule has 0 radical (unpaired) electrons. The molecule has 198 valence electrons. The lowest BCUT2D eigenvalue weighted by Crippen LogP contribution is -2.29. The lowest BCUT2D eigenvalue weighted by atomic mass is 9.87. The van der Waals surface area contributed by atoms with Gasteiger partial charge in [-0.2, -0.15) is 0 Å². The van der Waals surface area contributed by atoms with E-state index in [1.807, 2.05) is 10.8 Å². The van der Waals surface area contributed by atoms with Gasteiger partial charge in [-0.05, 0) is 66.8 Å². The van der Waals surface area contributed by atoms with Gasteiger partial charge in [0.15, 0.2) is 0 Å². The normalized spacial score (nSPS) is 17.3. The van der Waals surface area contributed by atoms with Crippen LogP contribution in [0.4, 0.5) is 4.39 Å². The molecule has 0 unspecified atom stereocenters. The van der Waals surface area contributed by atoms with Crippen molar-refractivity contribution >= 4 is 37.5 Å². The molecule has 1 aliphatic heterocycles. The molecule has 8 nitrogen and oxygen atoms in total. The van der Waals surface area contributed by atoms with Crippen LogP contribution in [-0.2, 0) is 23.1 Å². The molecule has 0 aliphatic carbocycles. The van der Waals surface area contributed by atoms with Gasteiger partial charge in [0, 0.05) is 17.2 Å². The number of carbonyl (C=O) groups is 1. The zero-order chi connectivity index (χ0) is 26.9. The van der Waals surface area contributed by atoms with Crippen molar-refractivity contribution in [3.8, 4) is 11.5 Å². The molecule has 38 heavy (non-hydrogen) atoms. The van der Waals surface area contributed by atoms with Gasteiger partial charge in [0.2, 0.25) is 10.0 Å². The van der Waals surface area contributed by atoms with Gasteiger partial charge in [-0.15, -0.1) is 11.3 Å². The molecule has 5 rings (SSSR count). The van der Waals surface area contributed by atoms with Gasteiger partial charge in [0.1, 0.15) is 28.9 Å².